The van der Waals surface area contributed by atoms with Gasteiger partial charge in [-0.25, -0.2) is 0 Å². The van der Waals surface area contributed by atoms with Crippen LogP contribution in [-0.2, 0) is 0 Å². The van der Waals surface area contributed by atoms with E-state index in [4.69, 9.17) is 16.2 Å². The molecule has 1 aromatic carbocycles. The van der Waals surface area contributed by atoms with Gasteiger partial charge in [0.1, 0.15) is 5.75 Å². The van der Waals surface area contributed by atoms with Crippen molar-refractivity contribution in [1.29, 1.82) is 0 Å². The van der Waals surface area contributed by atoms with Gasteiger partial charge in [-0.2, -0.15) is 4.98 Å². The zero-order valence-electron chi connectivity index (χ0n) is 8.19. The number of ether oxygens (including phenoxy) is 1. The number of methoxy groups -OCH3 is 1. The number of benzene rings is 1. The van der Waals surface area contributed by atoms with Gasteiger partial charge in [-0.05, 0) is 18.2 Å². The number of aromatic nitrogens is 3. The summed E-state index contributed by atoms with van der Waals surface area (Å²) in [5.74, 6) is 1.42. The molecule has 0 bridgehead atoms. The highest BCUT2D eigenvalue weighted by Crippen LogP contribution is 2.26. The number of nitrogens with zero attached hydrogens (tertiary/aromatic N) is 2. The Kier molecular flexibility index (Phi) is 2.17. The molecule has 0 saturated carbocycles. The third-order valence-corrected chi connectivity index (χ3v) is 2.01. The molecule has 2 rings (SSSR count). The normalized spacial score (nSPS) is 10.2. The first-order chi connectivity index (χ1) is 7.20. The van der Waals surface area contributed by atoms with Crippen LogP contribution in [0.3, 0.4) is 0 Å². The Morgan fingerprint density at radius 1 is 1.33 bits per heavy atom. The minimum absolute atomic E-state index is 0.208. The van der Waals surface area contributed by atoms with E-state index in [-0.39, 0.29) is 5.95 Å². The van der Waals surface area contributed by atoms with Crippen molar-refractivity contribution in [1.82, 2.24) is 15.2 Å². The van der Waals surface area contributed by atoms with Crippen LogP contribution in [0.15, 0.2) is 18.2 Å². The Morgan fingerprint density at radius 3 is 2.67 bits per heavy atom. The van der Waals surface area contributed by atoms with E-state index in [9.17, 15) is 0 Å². The van der Waals surface area contributed by atoms with Gasteiger partial charge in [-0.15, -0.1) is 5.10 Å². The minimum atomic E-state index is 0.208. The largest absolute Gasteiger partial charge is 0.495 e. The van der Waals surface area contributed by atoms with Crippen LogP contribution in [0.2, 0.25) is 0 Å². The van der Waals surface area contributed by atoms with E-state index in [1.807, 2.05) is 6.07 Å². The molecule has 0 radical (unpaired) electrons. The van der Waals surface area contributed by atoms with Crippen molar-refractivity contribution in [2.45, 2.75) is 0 Å². The summed E-state index contributed by atoms with van der Waals surface area (Å²) >= 11 is 0. The van der Waals surface area contributed by atoms with Crippen LogP contribution in [0.4, 0.5) is 11.6 Å². The summed E-state index contributed by atoms with van der Waals surface area (Å²) < 4.78 is 5.05. The first kappa shape index (κ1) is 9.32. The van der Waals surface area contributed by atoms with Crippen molar-refractivity contribution < 1.29 is 4.74 Å². The summed E-state index contributed by atoms with van der Waals surface area (Å²) in [7, 11) is 1.57. The molecule has 0 unspecified atom stereocenters. The number of anilines is 2. The number of H-pyrrole nitrogens is 1. The number of aromatic amines is 1. The molecule has 78 valence electrons. The minimum Gasteiger partial charge on any atom is -0.495 e. The van der Waals surface area contributed by atoms with Crippen LogP contribution in [0.25, 0.3) is 11.4 Å². The maximum absolute atomic E-state index is 5.76. The lowest BCUT2D eigenvalue weighted by molar-refractivity contribution is 0.417. The van der Waals surface area contributed by atoms with Gasteiger partial charge in [-0.1, -0.05) is 0 Å². The van der Waals surface area contributed by atoms with E-state index < -0.39 is 0 Å². The summed E-state index contributed by atoms with van der Waals surface area (Å²) in [5.41, 5.74) is 12.5. The molecule has 5 N–H and O–H groups in total. The highest BCUT2D eigenvalue weighted by atomic mass is 16.5. The van der Waals surface area contributed by atoms with Gasteiger partial charge in [0.25, 0.3) is 0 Å². The maximum Gasteiger partial charge on any atom is 0.239 e. The second-order valence-corrected chi connectivity index (χ2v) is 3.00. The number of hydrogen-bond acceptors (Lipinski definition) is 5. The summed E-state index contributed by atoms with van der Waals surface area (Å²) in [6, 6.07) is 5.34. The van der Waals surface area contributed by atoms with Gasteiger partial charge in [0.15, 0.2) is 5.82 Å². The molecule has 0 atom stereocenters. The Bertz CT molecular complexity index is 479. The third-order valence-electron chi connectivity index (χ3n) is 2.01. The standard InChI is InChI=1S/C9H11N5O/c1-15-7-3-2-5(4-6(7)10)8-12-9(11)14-13-8/h2-4H,10H2,1H3,(H3,11,12,13,14). The number of nitrogens with two attached hydrogens (primary N) is 2. The van der Waals surface area contributed by atoms with Gasteiger partial charge < -0.3 is 16.2 Å². The van der Waals surface area contributed by atoms with Crippen LogP contribution >= 0.6 is 0 Å². The van der Waals surface area contributed by atoms with Gasteiger partial charge in [-0.3, -0.25) is 5.10 Å². The zero-order valence-corrected chi connectivity index (χ0v) is 8.19. The molecule has 0 aliphatic heterocycles. The quantitative estimate of drug-likeness (QED) is 0.624. The maximum atomic E-state index is 5.76. The molecular formula is C9H11N5O. The molecule has 6 heteroatoms. The van der Waals surface area contributed by atoms with Crippen molar-refractivity contribution in [2.75, 3.05) is 18.6 Å². The van der Waals surface area contributed by atoms with Crippen molar-refractivity contribution in [2.24, 2.45) is 0 Å². The molecule has 0 fully saturated rings. The predicted octanol–water partition coefficient (Wildman–Crippen LogP) is 0.645. The van der Waals surface area contributed by atoms with Crippen LogP contribution < -0.4 is 16.2 Å². The number of nitrogens with one attached hydrogen (secondary N) is 1. The molecule has 0 aliphatic carbocycles. The van der Waals surface area contributed by atoms with E-state index in [1.165, 1.54) is 0 Å². The second kappa shape index (κ2) is 3.49. The molecular weight excluding hydrogens is 194 g/mol. The highest BCUT2D eigenvalue weighted by Gasteiger charge is 2.06. The molecule has 0 spiro atoms. The summed E-state index contributed by atoms with van der Waals surface area (Å²) in [4.78, 5) is 3.99. The third kappa shape index (κ3) is 1.69. The molecule has 6 nitrogen and oxygen atoms in total. The Balaban J connectivity index is 2.42. The lowest BCUT2D eigenvalue weighted by Gasteiger charge is -2.04. The Hall–Kier alpha value is -2.24. The van der Waals surface area contributed by atoms with E-state index in [1.54, 1.807) is 19.2 Å². The topological polar surface area (TPSA) is 103 Å². The summed E-state index contributed by atoms with van der Waals surface area (Å²) in [6.45, 7) is 0. The SMILES string of the molecule is COc1ccc(-c2nc(N)n[nH]2)cc1N. The van der Waals surface area contributed by atoms with Crippen molar-refractivity contribution >= 4 is 11.6 Å². The van der Waals surface area contributed by atoms with Crippen LogP contribution in [-0.4, -0.2) is 22.3 Å². The van der Waals surface area contributed by atoms with E-state index in [2.05, 4.69) is 15.2 Å². The van der Waals surface area contributed by atoms with Crippen LogP contribution in [0.5, 0.6) is 5.75 Å². The first-order valence-electron chi connectivity index (χ1n) is 4.32. The average Bonchev–Trinajstić information content (AvgIpc) is 2.65. The Labute approximate surface area is 86.3 Å². The lowest BCUT2D eigenvalue weighted by Crippen LogP contribution is -1.93. The van der Waals surface area contributed by atoms with Crippen molar-refractivity contribution in [3.05, 3.63) is 18.2 Å². The van der Waals surface area contributed by atoms with Crippen molar-refractivity contribution in [3.8, 4) is 17.1 Å². The van der Waals surface area contributed by atoms with Crippen molar-refractivity contribution in [3.63, 3.8) is 0 Å². The second-order valence-electron chi connectivity index (χ2n) is 3.00. The van der Waals surface area contributed by atoms with Gasteiger partial charge >= 0.3 is 0 Å². The monoisotopic (exact) mass is 205 g/mol. The molecule has 0 aliphatic rings. The number of hydrogen-bond donors (Lipinski definition) is 3. The van der Waals surface area contributed by atoms with Gasteiger partial charge in [0, 0.05) is 5.56 Å². The molecule has 0 amide bonds. The smallest absolute Gasteiger partial charge is 0.239 e. The zero-order chi connectivity index (χ0) is 10.8. The van der Waals surface area contributed by atoms with Crippen LogP contribution in [0.1, 0.15) is 0 Å². The van der Waals surface area contributed by atoms with Crippen LogP contribution in [0, 0.1) is 0 Å². The molecule has 0 saturated heterocycles. The first-order valence-corrected chi connectivity index (χ1v) is 4.32. The Morgan fingerprint density at radius 2 is 2.13 bits per heavy atom. The fourth-order valence-corrected chi connectivity index (χ4v) is 1.29. The van der Waals surface area contributed by atoms with Gasteiger partial charge in [0.2, 0.25) is 5.95 Å². The number of rotatable bonds is 2. The molecule has 1 heterocycles. The highest BCUT2D eigenvalue weighted by molar-refractivity contribution is 5.66. The predicted molar refractivity (Wildman–Crippen MR) is 57.2 cm³/mol. The molecule has 2 aromatic rings. The van der Waals surface area contributed by atoms with E-state index in [0.29, 0.717) is 17.3 Å². The molecule has 15 heavy (non-hydrogen) atoms. The fraction of sp³-hybridized carbons (Fsp3) is 0.111. The average molecular weight is 205 g/mol. The fourth-order valence-electron chi connectivity index (χ4n) is 1.29. The van der Waals surface area contributed by atoms with Gasteiger partial charge in [0.05, 0.1) is 12.8 Å². The number of nitrogen functional groups attached to an aromatic ring is 2. The molecule has 1 aromatic heterocycles. The summed E-state index contributed by atoms with van der Waals surface area (Å²) in [5, 5.41) is 6.44. The van der Waals surface area contributed by atoms with E-state index >= 15 is 0 Å². The van der Waals surface area contributed by atoms with E-state index in [0.717, 1.165) is 5.56 Å². The summed E-state index contributed by atoms with van der Waals surface area (Å²) in [6.07, 6.45) is 0. The lowest BCUT2D eigenvalue weighted by atomic mass is 10.2.